The van der Waals surface area contributed by atoms with Crippen LogP contribution in [-0.2, 0) is 4.74 Å². The van der Waals surface area contributed by atoms with Crippen LogP contribution >= 0.6 is 0 Å². The van der Waals surface area contributed by atoms with Crippen LogP contribution in [-0.4, -0.2) is 24.1 Å². The smallest absolute Gasteiger partial charge is 0.127 e. The molecule has 2 aliphatic rings. The van der Waals surface area contributed by atoms with Crippen molar-refractivity contribution in [2.24, 2.45) is 16.6 Å². The van der Waals surface area contributed by atoms with Gasteiger partial charge in [0.2, 0.25) is 0 Å². The zero-order valence-corrected chi connectivity index (χ0v) is 10.5. The minimum atomic E-state index is -0.232. The van der Waals surface area contributed by atoms with Crippen LogP contribution < -0.4 is 5.73 Å². The second-order valence-electron chi connectivity index (χ2n) is 5.36. The topological polar surface area (TPSA) is 47.6 Å². The van der Waals surface area contributed by atoms with E-state index in [1.807, 2.05) is 6.92 Å². The molecule has 0 aromatic carbocycles. The largest absolute Gasteiger partial charge is 0.385 e. The number of aliphatic imine (C=N–C) groups is 1. The molecule has 0 aromatic heterocycles. The summed E-state index contributed by atoms with van der Waals surface area (Å²) in [6.45, 7) is 5.09. The number of rotatable bonds is 4. The second-order valence-corrected chi connectivity index (χ2v) is 5.36. The van der Waals surface area contributed by atoms with E-state index in [2.05, 4.69) is 11.9 Å². The van der Waals surface area contributed by atoms with E-state index in [0.29, 0.717) is 6.04 Å². The van der Waals surface area contributed by atoms with Gasteiger partial charge >= 0.3 is 0 Å². The van der Waals surface area contributed by atoms with Crippen LogP contribution in [0.5, 0.6) is 0 Å². The van der Waals surface area contributed by atoms with Crippen molar-refractivity contribution in [3.8, 4) is 0 Å². The first-order valence-electron chi connectivity index (χ1n) is 6.64. The third-order valence-corrected chi connectivity index (χ3v) is 3.84. The minimum Gasteiger partial charge on any atom is -0.385 e. The standard InChI is InChI=1S/C13H24N2O/c1-3-16-13(8-6-10(2)7-9-13)12(14)15-11-4-5-11/h10-11H,3-9H2,1-2H3,(H2,14,15). The van der Waals surface area contributed by atoms with E-state index in [9.17, 15) is 0 Å². The number of nitrogens with zero attached hydrogens (tertiary/aromatic N) is 1. The zero-order chi connectivity index (χ0) is 11.6. The van der Waals surface area contributed by atoms with Crippen molar-refractivity contribution in [1.29, 1.82) is 0 Å². The fraction of sp³-hybridized carbons (Fsp3) is 0.923. The van der Waals surface area contributed by atoms with Crippen molar-refractivity contribution in [2.75, 3.05) is 6.61 Å². The molecule has 3 nitrogen and oxygen atoms in total. The van der Waals surface area contributed by atoms with Crippen LogP contribution in [0.2, 0.25) is 0 Å². The third-order valence-electron chi connectivity index (χ3n) is 3.84. The van der Waals surface area contributed by atoms with Gasteiger partial charge < -0.3 is 10.5 Å². The molecule has 2 N–H and O–H groups in total. The molecule has 2 rings (SSSR count). The van der Waals surface area contributed by atoms with E-state index in [-0.39, 0.29) is 5.60 Å². The molecule has 16 heavy (non-hydrogen) atoms. The molecule has 0 heterocycles. The molecule has 2 saturated carbocycles. The lowest BCUT2D eigenvalue weighted by Gasteiger charge is -2.38. The number of ether oxygens (including phenoxy) is 1. The van der Waals surface area contributed by atoms with Gasteiger partial charge in [0.15, 0.2) is 0 Å². The normalized spacial score (nSPS) is 36.4. The Balaban J connectivity index is 2.07. The Bertz CT molecular complexity index is 263. The van der Waals surface area contributed by atoms with Gasteiger partial charge in [-0.15, -0.1) is 0 Å². The summed E-state index contributed by atoms with van der Waals surface area (Å²) in [4.78, 5) is 4.60. The molecule has 0 bridgehead atoms. The predicted octanol–water partition coefficient (Wildman–Crippen LogP) is 2.49. The van der Waals surface area contributed by atoms with Crippen LogP contribution in [0.4, 0.5) is 0 Å². The molecule has 0 aliphatic heterocycles. The molecule has 0 aromatic rings. The van der Waals surface area contributed by atoms with Crippen molar-refractivity contribution < 1.29 is 4.74 Å². The fourth-order valence-electron chi connectivity index (χ4n) is 2.50. The lowest BCUT2D eigenvalue weighted by Crippen LogP contribution is -2.49. The average Bonchev–Trinajstić information content (AvgIpc) is 3.06. The SMILES string of the molecule is CCOC1(C(N)=NC2CC2)CCC(C)CC1. The van der Waals surface area contributed by atoms with Crippen molar-refractivity contribution >= 4 is 5.84 Å². The highest BCUT2D eigenvalue weighted by atomic mass is 16.5. The van der Waals surface area contributed by atoms with E-state index in [4.69, 9.17) is 10.5 Å². The van der Waals surface area contributed by atoms with Crippen LogP contribution in [0, 0.1) is 5.92 Å². The van der Waals surface area contributed by atoms with Gasteiger partial charge in [0, 0.05) is 6.61 Å². The van der Waals surface area contributed by atoms with E-state index in [1.165, 1.54) is 25.7 Å². The summed E-state index contributed by atoms with van der Waals surface area (Å²) in [7, 11) is 0. The van der Waals surface area contributed by atoms with Gasteiger partial charge in [-0.1, -0.05) is 6.92 Å². The second kappa shape index (κ2) is 4.74. The van der Waals surface area contributed by atoms with Gasteiger partial charge in [-0.2, -0.15) is 0 Å². The number of hydrogen-bond donors (Lipinski definition) is 1. The summed E-state index contributed by atoms with van der Waals surface area (Å²) >= 11 is 0. The van der Waals surface area contributed by atoms with E-state index >= 15 is 0 Å². The van der Waals surface area contributed by atoms with E-state index < -0.39 is 0 Å². The molecule has 92 valence electrons. The first-order valence-corrected chi connectivity index (χ1v) is 6.64. The lowest BCUT2D eigenvalue weighted by molar-refractivity contribution is -0.0202. The Labute approximate surface area is 98.5 Å². The van der Waals surface area contributed by atoms with Gasteiger partial charge in [-0.05, 0) is 51.4 Å². The average molecular weight is 224 g/mol. The fourth-order valence-corrected chi connectivity index (χ4v) is 2.50. The van der Waals surface area contributed by atoms with Crippen LogP contribution in [0.3, 0.4) is 0 Å². The Morgan fingerprint density at radius 3 is 2.44 bits per heavy atom. The van der Waals surface area contributed by atoms with Crippen molar-refractivity contribution in [2.45, 2.75) is 64.0 Å². The molecule has 0 saturated heterocycles. The Morgan fingerprint density at radius 2 is 1.94 bits per heavy atom. The Hall–Kier alpha value is -0.570. The van der Waals surface area contributed by atoms with Gasteiger partial charge in [-0.25, -0.2) is 0 Å². The summed E-state index contributed by atoms with van der Waals surface area (Å²) in [6, 6.07) is 0.497. The number of hydrogen-bond acceptors (Lipinski definition) is 2. The Morgan fingerprint density at radius 1 is 1.31 bits per heavy atom. The summed E-state index contributed by atoms with van der Waals surface area (Å²) in [5, 5.41) is 0. The molecule has 0 atom stereocenters. The monoisotopic (exact) mass is 224 g/mol. The highest BCUT2D eigenvalue weighted by Gasteiger charge is 2.39. The molecule has 0 radical (unpaired) electrons. The van der Waals surface area contributed by atoms with Crippen molar-refractivity contribution in [3.63, 3.8) is 0 Å². The number of amidine groups is 1. The summed E-state index contributed by atoms with van der Waals surface area (Å²) in [5.41, 5.74) is 5.95. The van der Waals surface area contributed by atoms with Gasteiger partial charge in [0.1, 0.15) is 11.4 Å². The maximum Gasteiger partial charge on any atom is 0.127 e. The highest BCUT2D eigenvalue weighted by molar-refractivity contribution is 5.89. The summed E-state index contributed by atoms with van der Waals surface area (Å²) in [5.74, 6) is 1.58. The quantitative estimate of drug-likeness (QED) is 0.589. The lowest BCUT2D eigenvalue weighted by atomic mass is 9.78. The van der Waals surface area contributed by atoms with Gasteiger partial charge in [-0.3, -0.25) is 4.99 Å². The molecular weight excluding hydrogens is 200 g/mol. The third kappa shape index (κ3) is 2.57. The van der Waals surface area contributed by atoms with Gasteiger partial charge in [0.25, 0.3) is 0 Å². The predicted molar refractivity (Wildman–Crippen MR) is 66.6 cm³/mol. The summed E-state index contributed by atoms with van der Waals surface area (Å²) < 4.78 is 5.95. The maximum atomic E-state index is 6.18. The van der Waals surface area contributed by atoms with E-state index in [1.54, 1.807) is 0 Å². The molecule has 0 spiro atoms. The zero-order valence-electron chi connectivity index (χ0n) is 10.5. The van der Waals surface area contributed by atoms with Crippen LogP contribution in [0.1, 0.15) is 52.4 Å². The first kappa shape index (κ1) is 11.9. The molecule has 0 amide bonds. The molecule has 2 fully saturated rings. The highest BCUT2D eigenvalue weighted by Crippen LogP contribution is 2.36. The number of nitrogens with two attached hydrogens (primary N) is 1. The van der Waals surface area contributed by atoms with E-state index in [0.717, 1.165) is 31.2 Å². The first-order chi connectivity index (χ1) is 7.66. The molecule has 2 aliphatic carbocycles. The molecule has 3 heteroatoms. The molecule has 0 unspecified atom stereocenters. The molecular formula is C13H24N2O. The van der Waals surface area contributed by atoms with Crippen molar-refractivity contribution in [3.05, 3.63) is 0 Å². The van der Waals surface area contributed by atoms with Crippen LogP contribution in [0.15, 0.2) is 4.99 Å². The van der Waals surface area contributed by atoms with Crippen LogP contribution in [0.25, 0.3) is 0 Å². The summed E-state index contributed by atoms with van der Waals surface area (Å²) in [6.07, 6.45) is 6.93. The van der Waals surface area contributed by atoms with Crippen molar-refractivity contribution in [1.82, 2.24) is 0 Å². The maximum absolute atomic E-state index is 6.18. The Kier molecular flexibility index (Phi) is 3.53. The van der Waals surface area contributed by atoms with Gasteiger partial charge in [0.05, 0.1) is 6.04 Å². The minimum absolute atomic E-state index is 0.232.